The Kier molecular flexibility index (Phi) is 6.42. The number of nitrogens with zero attached hydrogens (tertiary/aromatic N) is 2. The number of carboxylic acids is 1. The number of carbonyl (C=O) groups is 1. The van der Waals surface area contributed by atoms with E-state index in [2.05, 4.69) is 4.98 Å². The molecule has 2 heterocycles. The molecule has 0 aliphatic rings. The summed E-state index contributed by atoms with van der Waals surface area (Å²) in [7, 11) is 0. The summed E-state index contributed by atoms with van der Waals surface area (Å²) in [5, 5.41) is 10.7. The molecule has 9 heteroatoms. The normalized spacial score (nSPS) is 11.8. The molecule has 0 atom stereocenters. The van der Waals surface area contributed by atoms with Gasteiger partial charge in [0.15, 0.2) is 0 Å². The molecule has 2 aromatic carbocycles. The number of hydrogen-bond donors (Lipinski definition) is 1. The lowest BCUT2D eigenvalue weighted by Gasteiger charge is -2.07. The van der Waals surface area contributed by atoms with Crippen LogP contribution in [0.25, 0.3) is 21.5 Å². The lowest BCUT2D eigenvalue weighted by atomic mass is 10.1. The number of rotatable bonds is 8. The van der Waals surface area contributed by atoms with Gasteiger partial charge in [-0.25, -0.2) is 4.98 Å². The molecule has 1 N–H and O–H groups in total. The van der Waals surface area contributed by atoms with E-state index in [0.717, 1.165) is 46.4 Å². The number of thiazole rings is 1. The Balaban J connectivity index is 1.36. The van der Waals surface area contributed by atoms with E-state index in [1.54, 1.807) is 10.8 Å². The third-order valence-electron chi connectivity index (χ3n) is 5.22. The van der Waals surface area contributed by atoms with E-state index < -0.39 is 17.7 Å². The second kappa shape index (κ2) is 9.27. The van der Waals surface area contributed by atoms with Crippen molar-refractivity contribution in [3.05, 3.63) is 70.9 Å². The Morgan fingerprint density at radius 3 is 2.61 bits per heavy atom. The fraction of sp³-hybridized carbons (Fsp3) is 0.250. The molecule has 0 spiro atoms. The van der Waals surface area contributed by atoms with Crippen molar-refractivity contribution >= 4 is 28.2 Å². The number of hydrogen-bond acceptors (Lipinski definition) is 4. The van der Waals surface area contributed by atoms with Gasteiger partial charge in [-0.05, 0) is 55.5 Å². The van der Waals surface area contributed by atoms with Crippen molar-refractivity contribution in [3.63, 3.8) is 0 Å². The molecule has 5 nitrogen and oxygen atoms in total. The fourth-order valence-corrected chi connectivity index (χ4v) is 4.65. The Morgan fingerprint density at radius 2 is 1.91 bits per heavy atom. The van der Waals surface area contributed by atoms with Gasteiger partial charge < -0.3 is 14.4 Å². The number of fused-ring (bicyclic) bond motifs is 1. The van der Waals surface area contributed by atoms with Gasteiger partial charge >= 0.3 is 12.1 Å². The van der Waals surface area contributed by atoms with Crippen molar-refractivity contribution in [1.82, 2.24) is 9.55 Å². The minimum Gasteiger partial charge on any atom is -0.494 e. The first-order valence-electron chi connectivity index (χ1n) is 10.3. The average molecular weight is 475 g/mol. The topological polar surface area (TPSA) is 64.4 Å². The van der Waals surface area contributed by atoms with Crippen molar-refractivity contribution in [2.45, 2.75) is 32.5 Å². The van der Waals surface area contributed by atoms with Gasteiger partial charge in [0.1, 0.15) is 17.3 Å². The largest absolute Gasteiger partial charge is 0.494 e. The maximum atomic E-state index is 12.8. The molecule has 0 aliphatic carbocycles. The predicted octanol–water partition coefficient (Wildman–Crippen LogP) is 6.19. The number of alkyl halides is 3. The van der Waals surface area contributed by atoms with E-state index in [1.165, 1.54) is 23.5 Å². The second-order valence-electron chi connectivity index (χ2n) is 7.61. The average Bonchev–Trinajstić information content (AvgIpc) is 3.33. The summed E-state index contributed by atoms with van der Waals surface area (Å²) in [5.74, 6) is -0.242. The summed E-state index contributed by atoms with van der Waals surface area (Å²) in [6.07, 6.45) is -1.14. The lowest BCUT2D eigenvalue weighted by molar-refractivity contribution is -0.138. The van der Waals surface area contributed by atoms with Crippen LogP contribution in [0.4, 0.5) is 13.2 Å². The molecule has 0 saturated heterocycles. The highest BCUT2D eigenvalue weighted by Crippen LogP contribution is 2.33. The third-order valence-corrected chi connectivity index (χ3v) is 6.49. The highest BCUT2D eigenvalue weighted by molar-refractivity contribution is 7.15. The van der Waals surface area contributed by atoms with Crippen LogP contribution >= 0.6 is 11.3 Å². The van der Waals surface area contributed by atoms with Crippen LogP contribution in [-0.4, -0.2) is 27.2 Å². The summed E-state index contributed by atoms with van der Waals surface area (Å²) >= 11 is 1.48. The number of carboxylic acid groups (broad SMARTS) is 1. The van der Waals surface area contributed by atoms with Crippen LogP contribution < -0.4 is 4.74 Å². The highest BCUT2D eigenvalue weighted by atomic mass is 32.1. The lowest BCUT2D eigenvalue weighted by Crippen LogP contribution is -2.07. The monoisotopic (exact) mass is 474 g/mol. The number of ether oxygens (including phenoxy) is 1. The molecule has 0 radical (unpaired) electrons. The molecule has 0 amide bonds. The Morgan fingerprint density at radius 1 is 1.15 bits per heavy atom. The van der Waals surface area contributed by atoms with E-state index in [0.29, 0.717) is 22.9 Å². The molecule has 4 aromatic rings. The van der Waals surface area contributed by atoms with Crippen molar-refractivity contribution in [2.24, 2.45) is 0 Å². The number of aryl methyl sites for hydroxylation is 2. The molecule has 33 heavy (non-hydrogen) atoms. The minimum atomic E-state index is -4.35. The second-order valence-corrected chi connectivity index (χ2v) is 8.70. The van der Waals surface area contributed by atoms with Crippen LogP contribution in [0, 0.1) is 6.92 Å². The van der Waals surface area contributed by atoms with Crippen molar-refractivity contribution in [1.29, 1.82) is 0 Å². The van der Waals surface area contributed by atoms with Crippen LogP contribution in [0.2, 0.25) is 0 Å². The van der Waals surface area contributed by atoms with Gasteiger partial charge in [-0.15, -0.1) is 11.3 Å². The summed E-state index contributed by atoms with van der Waals surface area (Å²) in [5.41, 5.74) is 1.65. The van der Waals surface area contributed by atoms with Gasteiger partial charge in [-0.2, -0.15) is 13.2 Å². The Bertz CT molecular complexity index is 1280. The summed E-state index contributed by atoms with van der Waals surface area (Å²) in [4.78, 5) is 16.6. The van der Waals surface area contributed by atoms with E-state index in [9.17, 15) is 18.0 Å². The zero-order valence-electron chi connectivity index (χ0n) is 17.7. The SMILES string of the molecule is Cc1nc(-c2ccc(C(F)(F)F)cc2)sc1CCCOc1ccc2ccn(CC(=O)O)c2c1. The molecular weight excluding hydrogens is 453 g/mol. The standard InChI is InChI=1S/C24H21F3N2O3S/c1-15-21(33-23(28-15)17-4-7-18(8-5-17)24(25,26)27)3-2-12-32-19-9-6-16-10-11-29(14-22(30)31)20(16)13-19/h4-11,13H,2-3,12,14H2,1H3,(H,30,31). The van der Waals surface area contributed by atoms with Crippen LogP contribution in [0.1, 0.15) is 22.6 Å². The van der Waals surface area contributed by atoms with Gasteiger partial charge in [0, 0.05) is 22.7 Å². The Hall–Kier alpha value is -3.33. The van der Waals surface area contributed by atoms with Gasteiger partial charge in [0.25, 0.3) is 0 Å². The minimum absolute atomic E-state index is 0.112. The molecule has 172 valence electrons. The maximum absolute atomic E-state index is 12.8. The quantitative estimate of drug-likeness (QED) is 0.309. The van der Waals surface area contributed by atoms with Crippen LogP contribution in [0.3, 0.4) is 0 Å². The zero-order chi connectivity index (χ0) is 23.6. The molecule has 0 bridgehead atoms. The van der Waals surface area contributed by atoms with Crippen LogP contribution in [-0.2, 0) is 23.9 Å². The number of halogens is 3. The maximum Gasteiger partial charge on any atom is 0.416 e. The van der Waals surface area contributed by atoms with Crippen molar-refractivity contribution < 1.29 is 27.8 Å². The first kappa shape index (κ1) is 22.8. The van der Waals surface area contributed by atoms with E-state index in [1.807, 2.05) is 31.2 Å². The van der Waals surface area contributed by atoms with E-state index >= 15 is 0 Å². The summed E-state index contributed by atoms with van der Waals surface area (Å²) in [6, 6.07) is 12.5. The molecule has 0 saturated carbocycles. The zero-order valence-corrected chi connectivity index (χ0v) is 18.5. The number of benzene rings is 2. The van der Waals surface area contributed by atoms with Gasteiger partial charge in [-0.1, -0.05) is 12.1 Å². The molecule has 0 fully saturated rings. The molecular formula is C24H21F3N2O3S. The van der Waals surface area contributed by atoms with Gasteiger partial charge in [0.2, 0.25) is 0 Å². The van der Waals surface area contributed by atoms with E-state index in [4.69, 9.17) is 9.84 Å². The number of aromatic nitrogens is 2. The van der Waals surface area contributed by atoms with Crippen molar-refractivity contribution in [3.8, 4) is 16.3 Å². The smallest absolute Gasteiger partial charge is 0.416 e. The predicted molar refractivity (Wildman–Crippen MR) is 121 cm³/mol. The first-order chi connectivity index (χ1) is 15.7. The molecule has 0 aliphatic heterocycles. The fourth-order valence-electron chi connectivity index (χ4n) is 3.55. The van der Waals surface area contributed by atoms with Crippen LogP contribution in [0.5, 0.6) is 5.75 Å². The third kappa shape index (κ3) is 5.36. The Labute approximate surface area is 192 Å². The molecule has 2 aromatic heterocycles. The van der Waals surface area contributed by atoms with Crippen LogP contribution in [0.15, 0.2) is 54.7 Å². The summed E-state index contributed by atoms with van der Waals surface area (Å²) < 4.78 is 45.8. The van der Waals surface area contributed by atoms with Gasteiger partial charge in [0.05, 0.1) is 23.4 Å². The number of aliphatic carboxylic acids is 1. The highest BCUT2D eigenvalue weighted by Gasteiger charge is 2.30. The molecule has 0 unspecified atom stereocenters. The van der Waals surface area contributed by atoms with E-state index in [-0.39, 0.29) is 6.54 Å². The molecule has 4 rings (SSSR count). The summed E-state index contributed by atoms with van der Waals surface area (Å²) in [6.45, 7) is 2.25. The first-order valence-corrected chi connectivity index (χ1v) is 11.1. The van der Waals surface area contributed by atoms with Crippen molar-refractivity contribution in [2.75, 3.05) is 6.61 Å². The van der Waals surface area contributed by atoms with Gasteiger partial charge in [-0.3, -0.25) is 4.79 Å².